The molecule has 2 aromatic rings. The summed E-state index contributed by atoms with van der Waals surface area (Å²) >= 11 is 0. The van der Waals surface area contributed by atoms with Gasteiger partial charge in [0.25, 0.3) is 0 Å². The molecule has 1 heterocycles. The lowest BCUT2D eigenvalue weighted by molar-refractivity contribution is 1.15. The SMILES string of the molecule is CC(=Cc1ccc2ccccc2n1)CN. The molecule has 0 fully saturated rings. The van der Waals surface area contributed by atoms with Crippen molar-refractivity contribution in [1.29, 1.82) is 0 Å². The van der Waals surface area contributed by atoms with Gasteiger partial charge in [-0.3, -0.25) is 0 Å². The Balaban J connectivity index is 2.47. The first-order valence-electron chi connectivity index (χ1n) is 5.02. The molecule has 1 aromatic carbocycles. The molecule has 0 saturated carbocycles. The summed E-state index contributed by atoms with van der Waals surface area (Å²) in [6.07, 6.45) is 2.02. The van der Waals surface area contributed by atoms with Crippen molar-refractivity contribution in [2.75, 3.05) is 6.54 Å². The number of rotatable bonds is 2. The van der Waals surface area contributed by atoms with Crippen LogP contribution in [0.1, 0.15) is 12.6 Å². The first kappa shape index (κ1) is 9.87. The summed E-state index contributed by atoms with van der Waals surface area (Å²) in [7, 11) is 0. The fourth-order valence-corrected chi connectivity index (χ4v) is 1.47. The van der Waals surface area contributed by atoms with E-state index < -0.39 is 0 Å². The molecular formula is C13H14N2. The predicted octanol–water partition coefficient (Wildman–Crippen LogP) is 2.60. The van der Waals surface area contributed by atoms with Crippen LogP contribution in [-0.2, 0) is 0 Å². The largest absolute Gasteiger partial charge is 0.327 e. The molecule has 76 valence electrons. The lowest BCUT2D eigenvalue weighted by Gasteiger charge is -1.99. The number of hydrogen-bond acceptors (Lipinski definition) is 2. The van der Waals surface area contributed by atoms with E-state index in [9.17, 15) is 0 Å². The fraction of sp³-hybridized carbons (Fsp3) is 0.154. The van der Waals surface area contributed by atoms with Gasteiger partial charge in [0, 0.05) is 11.9 Å². The highest BCUT2D eigenvalue weighted by atomic mass is 14.7. The molecule has 0 atom stereocenters. The van der Waals surface area contributed by atoms with Gasteiger partial charge < -0.3 is 5.73 Å². The van der Waals surface area contributed by atoms with Crippen LogP contribution in [-0.4, -0.2) is 11.5 Å². The van der Waals surface area contributed by atoms with E-state index in [1.54, 1.807) is 0 Å². The van der Waals surface area contributed by atoms with Gasteiger partial charge in [0.05, 0.1) is 11.2 Å². The highest BCUT2D eigenvalue weighted by molar-refractivity contribution is 5.79. The second-order valence-electron chi connectivity index (χ2n) is 3.62. The van der Waals surface area contributed by atoms with E-state index in [2.05, 4.69) is 17.1 Å². The van der Waals surface area contributed by atoms with Crippen molar-refractivity contribution in [3.8, 4) is 0 Å². The Morgan fingerprint density at radius 2 is 2.07 bits per heavy atom. The first-order chi connectivity index (χ1) is 7.29. The van der Waals surface area contributed by atoms with Crippen LogP contribution in [0, 0.1) is 0 Å². The Morgan fingerprint density at radius 3 is 2.87 bits per heavy atom. The lowest BCUT2D eigenvalue weighted by Crippen LogP contribution is -1.99. The molecule has 2 rings (SSSR count). The molecule has 2 heteroatoms. The molecule has 2 nitrogen and oxygen atoms in total. The maximum absolute atomic E-state index is 5.54. The Labute approximate surface area is 89.4 Å². The molecule has 15 heavy (non-hydrogen) atoms. The minimum atomic E-state index is 0.578. The van der Waals surface area contributed by atoms with E-state index in [1.165, 1.54) is 5.39 Å². The van der Waals surface area contributed by atoms with Gasteiger partial charge in [0.15, 0.2) is 0 Å². The van der Waals surface area contributed by atoms with E-state index in [4.69, 9.17) is 5.73 Å². The number of aromatic nitrogens is 1. The summed E-state index contributed by atoms with van der Waals surface area (Å²) in [5.41, 5.74) is 8.67. The Bertz CT molecular complexity index is 501. The molecule has 0 unspecified atom stereocenters. The molecule has 0 spiro atoms. The van der Waals surface area contributed by atoms with Gasteiger partial charge in [-0.15, -0.1) is 0 Å². The molecule has 1 aromatic heterocycles. The van der Waals surface area contributed by atoms with E-state index in [0.717, 1.165) is 16.8 Å². The van der Waals surface area contributed by atoms with Crippen molar-refractivity contribution >= 4 is 17.0 Å². The highest BCUT2D eigenvalue weighted by Crippen LogP contribution is 2.13. The number of para-hydroxylation sites is 1. The second-order valence-corrected chi connectivity index (χ2v) is 3.62. The molecular weight excluding hydrogens is 184 g/mol. The molecule has 0 aliphatic rings. The number of nitrogens with zero attached hydrogens (tertiary/aromatic N) is 1. The van der Waals surface area contributed by atoms with E-state index in [0.29, 0.717) is 6.54 Å². The average Bonchev–Trinajstić information content (AvgIpc) is 2.29. The number of hydrogen-bond donors (Lipinski definition) is 1. The third-order valence-corrected chi connectivity index (χ3v) is 2.34. The smallest absolute Gasteiger partial charge is 0.0709 e. The van der Waals surface area contributed by atoms with Gasteiger partial charge in [-0.2, -0.15) is 0 Å². The van der Waals surface area contributed by atoms with Crippen molar-refractivity contribution in [1.82, 2.24) is 4.98 Å². The van der Waals surface area contributed by atoms with Crippen molar-refractivity contribution < 1.29 is 0 Å². The average molecular weight is 198 g/mol. The number of nitrogens with two attached hydrogens (primary N) is 1. The van der Waals surface area contributed by atoms with Crippen LogP contribution in [0.25, 0.3) is 17.0 Å². The van der Waals surface area contributed by atoms with Gasteiger partial charge in [0.1, 0.15) is 0 Å². The summed E-state index contributed by atoms with van der Waals surface area (Å²) in [6.45, 7) is 2.59. The number of pyridine rings is 1. The number of fused-ring (bicyclic) bond motifs is 1. The van der Waals surface area contributed by atoms with Crippen molar-refractivity contribution in [2.24, 2.45) is 5.73 Å². The van der Waals surface area contributed by atoms with E-state index in [1.807, 2.05) is 37.3 Å². The van der Waals surface area contributed by atoms with E-state index >= 15 is 0 Å². The second kappa shape index (κ2) is 4.24. The van der Waals surface area contributed by atoms with Gasteiger partial charge in [-0.1, -0.05) is 29.8 Å². The van der Waals surface area contributed by atoms with Crippen LogP contribution in [0.4, 0.5) is 0 Å². The Hall–Kier alpha value is -1.67. The minimum Gasteiger partial charge on any atom is -0.327 e. The van der Waals surface area contributed by atoms with Crippen LogP contribution in [0.3, 0.4) is 0 Å². The van der Waals surface area contributed by atoms with Gasteiger partial charge in [-0.25, -0.2) is 4.98 Å². The third kappa shape index (κ3) is 2.22. The van der Waals surface area contributed by atoms with Crippen LogP contribution >= 0.6 is 0 Å². The zero-order chi connectivity index (χ0) is 10.7. The molecule has 0 saturated heterocycles. The number of benzene rings is 1. The molecule has 0 aliphatic heterocycles. The Kier molecular flexibility index (Phi) is 2.79. The monoisotopic (exact) mass is 198 g/mol. The summed E-state index contributed by atoms with van der Waals surface area (Å²) in [6, 6.07) is 12.2. The topological polar surface area (TPSA) is 38.9 Å². The standard InChI is InChI=1S/C13H14N2/c1-10(9-14)8-12-7-6-11-4-2-3-5-13(11)15-12/h2-8H,9,14H2,1H3. The summed E-state index contributed by atoms with van der Waals surface area (Å²) < 4.78 is 0. The predicted molar refractivity (Wildman–Crippen MR) is 64.4 cm³/mol. The van der Waals surface area contributed by atoms with Gasteiger partial charge >= 0.3 is 0 Å². The van der Waals surface area contributed by atoms with Crippen LogP contribution < -0.4 is 5.73 Å². The van der Waals surface area contributed by atoms with E-state index in [-0.39, 0.29) is 0 Å². The molecule has 2 N–H and O–H groups in total. The van der Waals surface area contributed by atoms with Crippen molar-refractivity contribution in [2.45, 2.75) is 6.92 Å². The molecule has 0 radical (unpaired) electrons. The highest BCUT2D eigenvalue weighted by Gasteiger charge is 1.95. The normalized spacial score (nSPS) is 12.0. The van der Waals surface area contributed by atoms with Crippen molar-refractivity contribution in [3.63, 3.8) is 0 Å². The summed E-state index contributed by atoms with van der Waals surface area (Å²) in [5, 5.41) is 1.17. The lowest BCUT2D eigenvalue weighted by atomic mass is 10.2. The molecule has 0 bridgehead atoms. The Morgan fingerprint density at radius 1 is 1.27 bits per heavy atom. The van der Waals surface area contributed by atoms with Crippen LogP contribution in [0.2, 0.25) is 0 Å². The zero-order valence-corrected chi connectivity index (χ0v) is 8.77. The van der Waals surface area contributed by atoms with Crippen LogP contribution in [0.15, 0.2) is 42.0 Å². The summed E-state index contributed by atoms with van der Waals surface area (Å²) in [4.78, 5) is 4.53. The maximum atomic E-state index is 5.54. The summed E-state index contributed by atoms with van der Waals surface area (Å²) in [5.74, 6) is 0. The molecule has 0 aliphatic carbocycles. The quantitative estimate of drug-likeness (QED) is 0.805. The minimum absolute atomic E-state index is 0.578. The first-order valence-corrected chi connectivity index (χ1v) is 5.02. The van der Waals surface area contributed by atoms with Crippen LogP contribution in [0.5, 0.6) is 0 Å². The third-order valence-electron chi connectivity index (χ3n) is 2.34. The van der Waals surface area contributed by atoms with Gasteiger partial charge in [-0.05, 0) is 25.1 Å². The van der Waals surface area contributed by atoms with Crippen molar-refractivity contribution in [3.05, 3.63) is 47.7 Å². The molecule has 0 amide bonds. The maximum Gasteiger partial charge on any atom is 0.0709 e. The zero-order valence-electron chi connectivity index (χ0n) is 8.77. The fourth-order valence-electron chi connectivity index (χ4n) is 1.47. The van der Waals surface area contributed by atoms with Gasteiger partial charge in [0.2, 0.25) is 0 Å².